The second-order valence-corrected chi connectivity index (χ2v) is 7.47. The van der Waals surface area contributed by atoms with Crippen molar-refractivity contribution < 1.29 is 14.1 Å². The Bertz CT molecular complexity index is 1100. The molecular weight excluding hydrogens is 392 g/mol. The second-order valence-electron chi connectivity index (χ2n) is 7.07. The highest BCUT2D eigenvalue weighted by atomic mass is 35.5. The summed E-state index contributed by atoms with van der Waals surface area (Å²) >= 11 is 6.20. The lowest BCUT2D eigenvalue weighted by Gasteiger charge is -2.17. The maximum absolute atomic E-state index is 12.7. The van der Waals surface area contributed by atoms with Crippen molar-refractivity contribution >= 4 is 34.8 Å². The monoisotopic (exact) mass is 410 g/mol. The van der Waals surface area contributed by atoms with E-state index in [0.29, 0.717) is 34.7 Å². The summed E-state index contributed by atoms with van der Waals surface area (Å²) in [5.41, 5.74) is 2.99. The smallest absolute Gasteiger partial charge is 0.229 e. The van der Waals surface area contributed by atoms with Crippen molar-refractivity contribution in [2.75, 3.05) is 16.8 Å². The lowest BCUT2D eigenvalue weighted by molar-refractivity contribution is -0.122. The van der Waals surface area contributed by atoms with Gasteiger partial charge in [-0.05, 0) is 36.8 Å². The van der Waals surface area contributed by atoms with Gasteiger partial charge >= 0.3 is 0 Å². The zero-order chi connectivity index (χ0) is 20.5. The predicted molar refractivity (Wildman–Crippen MR) is 110 cm³/mol. The van der Waals surface area contributed by atoms with Crippen LogP contribution in [0.15, 0.2) is 47.0 Å². The summed E-state index contributed by atoms with van der Waals surface area (Å²) in [6, 6.07) is 12.7. The number of aryl methyl sites for hydroxylation is 2. The predicted octanol–water partition coefficient (Wildman–Crippen LogP) is 4.00. The fraction of sp³-hybridized carbons (Fsp3) is 0.238. The molecule has 0 spiro atoms. The van der Waals surface area contributed by atoms with E-state index in [0.717, 1.165) is 11.1 Å². The molecule has 1 fully saturated rings. The quantitative estimate of drug-likeness (QED) is 0.702. The zero-order valence-corrected chi connectivity index (χ0v) is 16.7. The minimum Gasteiger partial charge on any atom is -0.339 e. The Kier molecular flexibility index (Phi) is 5.07. The summed E-state index contributed by atoms with van der Waals surface area (Å²) in [5, 5.41) is 7.22. The first kappa shape index (κ1) is 19.1. The van der Waals surface area contributed by atoms with Gasteiger partial charge < -0.3 is 14.7 Å². The molecule has 1 saturated heterocycles. The fourth-order valence-electron chi connectivity index (χ4n) is 3.32. The fourth-order valence-corrected chi connectivity index (χ4v) is 3.60. The SMILES string of the molecule is Cc1ccc(NC(=O)[C@@H]2CC(=O)N(c3cccc(-c4noc(C)n4)c3)C2)c(Cl)c1. The normalized spacial score (nSPS) is 16.3. The van der Waals surface area contributed by atoms with Gasteiger partial charge in [0, 0.05) is 31.1 Å². The lowest BCUT2D eigenvalue weighted by atomic mass is 10.1. The third kappa shape index (κ3) is 4.00. The summed E-state index contributed by atoms with van der Waals surface area (Å²) in [5.74, 6) is 0.127. The molecule has 8 heteroatoms. The molecule has 2 amide bonds. The summed E-state index contributed by atoms with van der Waals surface area (Å²) in [6.07, 6.45) is 0.140. The number of carbonyl (C=O) groups is 2. The largest absolute Gasteiger partial charge is 0.339 e. The van der Waals surface area contributed by atoms with Gasteiger partial charge in [0.1, 0.15) is 0 Å². The van der Waals surface area contributed by atoms with Crippen LogP contribution in [-0.2, 0) is 9.59 Å². The van der Waals surface area contributed by atoms with E-state index in [9.17, 15) is 9.59 Å². The van der Waals surface area contributed by atoms with Crippen LogP contribution in [0.1, 0.15) is 17.9 Å². The number of hydrogen-bond acceptors (Lipinski definition) is 5. The Morgan fingerprint density at radius 1 is 1.24 bits per heavy atom. The maximum Gasteiger partial charge on any atom is 0.229 e. The van der Waals surface area contributed by atoms with Crippen molar-refractivity contribution in [1.29, 1.82) is 0 Å². The number of hydrogen-bond donors (Lipinski definition) is 1. The first-order chi connectivity index (χ1) is 13.9. The summed E-state index contributed by atoms with van der Waals surface area (Å²) < 4.78 is 5.02. The molecule has 0 aliphatic carbocycles. The van der Waals surface area contributed by atoms with Crippen molar-refractivity contribution in [2.45, 2.75) is 20.3 Å². The van der Waals surface area contributed by atoms with Crippen LogP contribution in [0.25, 0.3) is 11.4 Å². The number of amides is 2. The van der Waals surface area contributed by atoms with E-state index in [1.54, 1.807) is 24.0 Å². The zero-order valence-electron chi connectivity index (χ0n) is 16.0. The molecule has 0 saturated carbocycles. The lowest BCUT2D eigenvalue weighted by Crippen LogP contribution is -2.28. The van der Waals surface area contributed by atoms with Crippen LogP contribution in [-0.4, -0.2) is 28.5 Å². The van der Waals surface area contributed by atoms with Crippen molar-refractivity contribution in [1.82, 2.24) is 10.1 Å². The molecule has 1 aliphatic rings. The van der Waals surface area contributed by atoms with Crippen LogP contribution >= 0.6 is 11.6 Å². The van der Waals surface area contributed by atoms with Crippen LogP contribution < -0.4 is 10.2 Å². The van der Waals surface area contributed by atoms with Crippen molar-refractivity contribution in [3.8, 4) is 11.4 Å². The van der Waals surface area contributed by atoms with Crippen LogP contribution in [0.4, 0.5) is 11.4 Å². The Labute approximate surface area is 172 Å². The molecule has 148 valence electrons. The first-order valence-corrected chi connectivity index (χ1v) is 9.56. The number of nitrogens with zero attached hydrogens (tertiary/aromatic N) is 3. The van der Waals surface area contributed by atoms with E-state index in [-0.39, 0.29) is 18.2 Å². The van der Waals surface area contributed by atoms with Crippen LogP contribution in [0.2, 0.25) is 5.02 Å². The molecule has 3 aromatic rings. The van der Waals surface area contributed by atoms with E-state index < -0.39 is 5.92 Å². The Morgan fingerprint density at radius 3 is 2.79 bits per heavy atom. The van der Waals surface area contributed by atoms with Crippen LogP contribution in [0.3, 0.4) is 0 Å². The molecule has 2 heterocycles. The molecule has 0 radical (unpaired) electrons. The van der Waals surface area contributed by atoms with Gasteiger partial charge in [-0.15, -0.1) is 0 Å². The summed E-state index contributed by atoms with van der Waals surface area (Å²) in [4.78, 5) is 31.1. The molecule has 4 rings (SSSR count). The minimum atomic E-state index is -0.462. The van der Waals surface area contributed by atoms with Gasteiger partial charge in [0.25, 0.3) is 0 Å². The Balaban J connectivity index is 1.50. The third-order valence-electron chi connectivity index (χ3n) is 4.82. The summed E-state index contributed by atoms with van der Waals surface area (Å²) in [7, 11) is 0. The first-order valence-electron chi connectivity index (χ1n) is 9.19. The molecule has 1 N–H and O–H groups in total. The molecule has 1 aromatic heterocycles. The number of benzene rings is 2. The second kappa shape index (κ2) is 7.67. The molecule has 0 bridgehead atoms. The number of rotatable bonds is 4. The highest BCUT2D eigenvalue weighted by molar-refractivity contribution is 6.33. The molecule has 1 atom stereocenters. The number of anilines is 2. The third-order valence-corrected chi connectivity index (χ3v) is 5.13. The summed E-state index contributed by atoms with van der Waals surface area (Å²) in [6.45, 7) is 3.94. The molecule has 2 aromatic carbocycles. The molecule has 29 heavy (non-hydrogen) atoms. The number of halogens is 1. The van der Waals surface area contributed by atoms with Gasteiger partial charge in [0.15, 0.2) is 0 Å². The molecular formula is C21H19ClN4O3. The highest BCUT2D eigenvalue weighted by Gasteiger charge is 2.35. The standard InChI is InChI=1S/C21H19ClN4O3/c1-12-6-7-18(17(22)8-12)24-21(28)15-10-19(27)26(11-15)16-5-3-4-14(9-16)20-23-13(2)29-25-20/h3-9,15H,10-11H2,1-2H3,(H,24,28)/t15-/m1/s1. The van der Waals surface area contributed by atoms with E-state index in [1.807, 2.05) is 37.3 Å². The maximum atomic E-state index is 12.7. The van der Waals surface area contributed by atoms with Crippen molar-refractivity contribution in [3.63, 3.8) is 0 Å². The minimum absolute atomic E-state index is 0.110. The van der Waals surface area contributed by atoms with E-state index in [4.69, 9.17) is 16.1 Å². The van der Waals surface area contributed by atoms with Crippen LogP contribution in [0, 0.1) is 19.8 Å². The van der Waals surface area contributed by atoms with Gasteiger partial charge in [-0.2, -0.15) is 4.98 Å². The number of nitrogens with one attached hydrogen (secondary N) is 1. The average Bonchev–Trinajstić information content (AvgIpc) is 3.30. The van der Waals surface area contributed by atoms with Crippen molar-refractivity contribution in [2.24, 2.45) is 5.92 Å². The van der Waals surface area contributed by atoms with E-state index >= 15 is 0 Å². The van der Waals surface area contributed by atoms with E-state index in [2.05, 4.69) is 15.5 Å². The Hall–Kier alpha value is -3.19. The Morgan fingerprint density at radius 2 is 2.07 bits per heavy atom. The topological polar surface area (TPSA) is 88.3 Å². The van der Waals surface area contributed by atoms with Gasteiger partial charge in [0.2, 0.25) is 23.5 Å². The molecule has 0 unspecified atom stereocenters. The van der Waals surface area contributed by atoms with Gasteiger partial charge in [-0.25, -0.2) is 0 Å². The van der Waals surface area contributed by atoms with Gasteiger partial charge in [-0.3, -0.25) is 9.59 Å². The van der Waals surface area contributed by atoms with E-state index in [1.165, 1.54) is 0 Å². The van der Waals surface area contributed by atoms with Crippen LogP contribution in [0.5, 0.6) is 0 Å². The number of carbonyl (C=O) groups excluding carboxylic acids is 2. The molecule has 7 nitrogen and oxygen atoms in total. The average molecular weight is 411 g/mol. The van der Waals surface area contributed by atoms with Gasteiger partial charge in [0.05, 0.1) is 16.6 Å². The number of aromatic nitrogens is 2. The molecule has 1 aliphatic heterocycles. The highest BCUT2D eigenvalue weighted by Crippen LogP contribution is 2.30. The van der Waals surface area contributed by atoms with Crippen molar-refractivity contribution in [3.05, 3.63) is 58.9 Å². The van der Waals surface area contributed by atoms with Gasteiger partial charge in [-0.1, -0.05) is 35.0 Å².